The molecule has 0 unspecified atom stereocenters. The highest BCUT2D eigenvalue weighted by atomic mass is 19.1. The highest BCUT2D eigenvalue weighted by molar-refractivity contribution is 5.33. The lowest BCUT2D eigenvalue weighted by molar-refractivity contribution is 0.480. The Labute approximate surface area is 114 Å². The molecule has 0 atom stereocenters. The summed E-state index contributed by atoms with van der Waals surface area (Å²) >= 11 is 0. The van der Waals surface area contributed by atoms with Crippen molar-refractivity contribution in [1.82, 2.24) is 0 Å². The fourth-order valence-electron chi connectivity index (χ4n) is 1.94. The Morgan fingerprint density at radius 2 is 1.42 bits per heavy atom. The Morgan fingerprint density at radius 3 is 2.00 bits per heavy atom. The van der Waals surface area contributed by atoms with Crippen LogP contribution in [0.15, 0.2) is 48.5 Å². The van der Waals surface area contributed by atoms with Gasteiger partial charge in [0.1, 0.15) is 17.3 Å². The topological polar surface area (TPSA) is 9.23 Å². The molecule has 0 amide bonds. The molecule has 0 aliphatic heterocycles. The quantitative estimate of drug-likeness (QED) is 0.634. The molecule has 0 fully saturated rings. The highest BCUT2D eigenvalue weighted by Gasteiger charge is 1.99. The van der Waals surface area contributed by atoms with Crippen LogP contribution in [0.25, 0.3) is 0 Å². The van der Waals surface area contributed by atoms with E-state index in [2.05, 4.69) is 19.1 Å². The van der Waals surface area contributed by atoms with Crippen molar-refractivity contribution in [2.45, 2.75) is 32.6 Å². The van der Waals surface area contributed by atoms with Crippen molar-refractivity contribution in [3.8, 4) is 11.5 Å². The molecule has 1 nitrogen and oxygen atoms in total. The fraction of sp³-hybridized carbons (Fsp3) is 0.294. The average molecular weight is 258 g/mol. The van der Waals surface area contributed by atoms with Crippen LogP contribution in [0.3, 0.4) is 0 Å². The highest BCUT2D eigenvalue weighted by Crippen LogP contribution is 2.22. The van der Waals surface area contributed by atoms with Crippen LogP contribution >= 0.6 is 0 Å². The van der Waals surface area contributed by atoms with E-state index in [1.807, 2.05) is 12.1 Å². The molecule has 0 saturated heterocycles. The minimum Gasteiger partial charge on any atom is -0.457 e. The molecule has 0 bridgehead atoms. The molecule has 19 heavy (non-hydrogen) atoms. The van der Waals surface area contributed by atoms with Crippen LogP contribution in [-0.4, -0.2) is 0 Å². The third kappa shape index (κ3) is 4.40. The van der Waals surface area contributed by atoms with Crippen LogP contribution in [0.4, 0.5) is 4.39 Å². The molecular weight excluding hydrogens is 239 g/mol. The van der Waals surface area contributed by atoms with Gasteiger partial charge in [-0.05, 0) is 54.8 Å². The zero-order chi connectivity index (χ0) is 13.5. The Hall–Kier alpha value is -1.83. The number of halogens is 1. The van der Waals surface area contributed by atoms with Crippen LogP contribution in [0.1, 0.15) is 31.7 Å². The summed E-state index contributed by atoms with van der Waals surface area (Å²) in [5.41, 5.74) is 1.33. The zero-order valence-electron chi connectivity index (χ0n) is 11.2. The standard InChI is InChI=1S/C17H19FO/c1-2-3-4-5-14-6-10-16(11-7-14)19-17-12-8-15(18)9-13-17/h6-13H,2-5H2,1H3. The van der Waals surface area contributed by atoms with Crippen molar-refractivity contribution in [3.63, 3.8) is 0 Å². The molecule has 0 spiro atoms. The number of aryl methyl sites for hydroxylation is 1. The van der Waals surface area contributed by atoms with Gasteiger partial charge in [0.05, 0.1) is 0 Å². The minimum atomic E-state index is -0.251. The average Bonchev–Trinajstić information content (AvgIpc) is 2.44. The first-order chi connectivity index (χ1) is 9.28. The summed E-state index contributed by atoms with van der Waals surface area (Å²) < 4.78 is 18.4. The summed E-state index contributed by atoms with van der Waals surface area (Å²) in [6, 6.07) is 14.2. The second-order valence-corrected chi connectivity index (χ2v) is 4.66. The van der Waals surface area contributed by atoms with E-state index in [9.17, 15) is 4.39 Å². The molecule has 2 aromatic rings. The molecule has 0 saturated carbocycles. The predicted octanol–water partition coefficient (Wildman–Crippen LogP) is 5.35. The molecule has 2 rings (SSSR count). The van der Waals surface area contributed by atoms with E-state index in [4.69, 9.17) is 4.74 Å². The van der Waals surface area contributed by atoms with Crippen molar-refractivity contribution < 1.29 is 9.13 Å². The lowest BCUT2D eigenvalue weighted by Crippen LogP contribution is -1.87. The van der Waals surface area contributed by atoms with Gasteiger partial charge in [0.25, 0.3) is 0 Å². The number of hydrogen-bond donors (Lipinski definition) is 0. The van der Waals surface area contributed by atoms with Crippen LogP contribution in [0.5, 0.6) is 11.5 Å². The SMILES string of the molecule is CCCCCc1ccc(Oc2ccc(F)cc2)cc1. The normalized spacial score (nSPS) is 10.4. The van der Waals surface area contributed by atoms with Gasteiger partial charge >= 0.3 is 0 Å². The first kappa shape index (κ1) is 13.6. The number of ether oxygens (including phenoxy) is 1. The van der Waals surface area contributed by atoms with Gasteiger partial charge < -0.3 is 4.74 Å². The van der Waals surface area contributed by atoms with Crippen molar-refractivity contribution in [3.05, 3.63) is 59.9 Å². The first-order valence-corrected chi connectivity index (χ1v) is 6.80. The summed E-state index contributed by atoms with van der Waals surface area (Å²) in [6.45, 7) is 2.21. The maximum atomic E-state index is 12.8. The van der Waals surface area contributed by atoms with E-state index < -0.39 is 0 Å². The molecule has 2 aromatic carbocycles. The maximum Gasteiger partial charge on any atom is 0.127 e. The lowest BCUT2D eigenvalue weighted by atomic mass is 10.1. The Morgan fingerprint density at radius 1 is 0.842 bits per heavy atom. The number of hydrogen-bond acceptors (Lipinski definition) is 1. The molecule has 0 heterocycles. The summed E-state index contributed by atoms with van der Waals surface area (Å²) in [4.78, 5) is 0. The van der Waals surface area contributed by atoms with Gasteiger partial charge in [-0.3, -0.25) is 0 Å². The molecule has 2 heteroatoms. The van der Waals surface area contributed by atoms with Crippen molar-refractivity contribution in [2.75, 3.05) is 0 Å². The van der Waals surface area contributed by atoms with E-state index in [1.165, 1.54) is 37.0 Å². The van der Waals surface area contributed by atoms with Gasteiger partial charge in [-0.1, -0.05) is 31.9 Å². The van der Waals surface area contributed by atoms with E-state index in [0.29, 0.717) is 5.75 Å². The second-order valence-electron chi connectivity index (χ2n) is 4.66. The molecule has 0 N–H and O–H groups in total. The monoisotopic (exact) mass is 258 g/mol. The van der Waals surface area contributed by atoms with Crippen LogP contribution < -0.4 is 4.74 Å². The second kappa shape index (κ2) is 6.93. The zero-order valence-corrected chi connectivity index (χ0v) is 11.2. The summed E-state index contributed by atoms with van der Waals surface area (Å²) in [7, 11) is 0. The number of rotatable bonds is 6. The summed E-state index contributed by atoms with van der Waals surface area (Å²) in [5, 5.41) is 0. The number of unbranched alkanes of at least 4 members (excludes halogenated alkanes) is 2. The van der Waals surface area contributed by atoms with E-state index in [-0.39, 0.29) is 5.82 Å². The van der Waals surface area contributed by atoms with Crippen LogP contribution in [-0.2, 0) is 6.42 Å². The van der Waals surface area contributed by atoms with Crippen molar-refractivity contribution in [1.29, 1.82) is 0 Å². The molecule has 0 aromatic heterocycles. The third-order valence-corrected chi connectivity index (χ3v) is 3.04. The van der Waals surface area contributed by atoms with Crippen molar-refractivity contribution >= 4 is 0 Å². The first-order valence-electron chi connectivity index (χ1n) is 6.80. The van der Waals surface area contributed by atoms with Crippen LogP contribution in [0, 0.1) is 5.82 Å². The van der Waals surface area contributed by atoms with Gasteiger partial charge in [-0.15, -0.1) is 0 Å². The van der Waals surface area contributed by atoms with Gasteiger partial charge in [-0.2, -0.15) is 0 Å². The summed E-state index contributed by atoms with van der Waals surface area (Å²) in [6.07, 6.45) is 4.86. The van der Waals surface area contributed by atoms with Crippen molar-refractivity contribution in [2.24, 2.45) is 0 Å². The predicted molar refractivity (Wildman–Crippen MR) is 76.1 cm³/mol. The maximum absolute atomic E-state index is 12.8. The molecule has 100 valence electrons. The van der Waals surface area contributed by atoms with Crippen LogP contribution in [0.2, 0.25) is 0 Å². The van der Waals surface area contributed by atoms with E-state index in [1.54, 1.807) is 12.1 Å². The van der Waals surface area contributed by atoms with Gasteiger partial charge in [-0.25, -0.2) is 4.39 Å². The fourth-order valence-corrected chi connectivity index (χ4v) is 1.94. The number of benzene rings is 2. The van der Waals surface area contributed by atoms with Gasteiger partial charge in [0.15, 0.2) is 0 Å². The molecule has 0 aliphatic carbocycles. The minimum absolute atomic E-state index is 0.251. The summed E-state index contributed by atoms with van der Waals surface area (Å²) in [5.74, 6) is 1.18. The van der Waals surface area contributed by atoms with E-state index in [0.717, 1.165) is 12.2 Å². The van der Waals surface area contributed by atoms with E-state index >= 15 is 0 Å². The third-order valence-electron chi connectivity index (χ3n) is 3.04. The smallest absolute Gasteiger partial charge is 0.127 e. The largest absolute Gasteiger partial charge is 0.457 e. The molecule has 0 aliphatic rings. The van der Waals surface area contributed by atoms with Gasteiger partial charge in [0.2, 0.25) is 0 Å². The van der Waals surface area contributed by atoms with Gasteiger partial charge in [0, 0.05) is 0 Å². The Bertz CT molecular complexity index is 488. The Balaban J connectivity index is 1.92. The lowest BCUT2D eigenvalue weighted by Gasteiger charge is -2.06. The molecule has 0 radical (unpaired) electrons. The molecular formula is C17H19FO. The Kier molecular flexibility index (Phi) is 4.96.